The molecule has 1 spiro atoms. The highest BCUT2D eigenvalue weighted by Gasteiger charge is 2.53. The molecule has 120 valence electrons. The Balaban J connectivity index is 1.60. The quantitative estimate of drug-likeness (QED) is 0.887. The Morgan fingerprint density at radius 3 is 2.65 bits per heavy atom. The highest BCUT2D eigenvalue weighted by Crippen LogP contribution is 2.50. The third-order valence-electron chi connectivity index (χ3n) is 5.34. The number of hydrogen-bond donors (Lipinski definition) is 1. The van der Waals surface area contributed by atoms with E-state index in [-0.39, 0.29) is 11.5 Å². The van der Waals surface area contributed by atoms with Gasteiger partial charge in [-0.2, -0.15) is 0 Å². The minimum atomic E-state index is -0.829. The van der Waals surface area contributed by atoms with Crippen molar-refractivity contribution in [3.8, 4) is 5.75 Å². The maximum Gasteiger partial charge on any atom is 0.407 e. The molecule has 2 aromatic rings. The summed E-state index contributed by atoms with van der Waals surface area (Å²) in [7, 11) is 0. The van der Waals surface area contributed by atoms with Gasteiger partial charge >= 0.3 is 6.09 Å². The second-order valence-corrected chi connectivity index (χ2v) is 6.96. The maximum atomic E-state index is 11.2. The average molecular weight is 332 g/mol. The Kier molecular flexibility index (Phi) is 3.38. The van der Waals surface area contributed by atoms with Gasteiger partial charge in [-0.15, -0.1) is 0 Å². The Morgan fingerprint density at radius 2 is 2.00 bits per heavy atom. The maximum absolute atomic E-state index is 11.2. The number of ether oxygens (including phenoxy) is 1. The van der Waals surface area contributed by atoms with Crippen LogP contribution in [0, 0.1) is 5.41 Å². The number of nitrogens with zero attached hydrogens (tertiary/aromatic N) is 1. The van der Waals surface area contributed by atoms with E-state index in [2.05, 4.69) is 0 Å². The molecule has 4 nitrogen and oxygen atoms in total. The van der Waals surface area contributed by atoms with Gasteiger partial charge in [0.15, 0.2) is 0 Å². The molecule has 1 amide bonds. The molecule has 1 N–H and O–H groups in total. The molecule has 0 bridgehead atoms. The molecule has 0 radical (unpaired) electrons. The zero-order chi connectivity index (χ0) is 16.0. The van der Waals surface area contributed by atoms with Crippen LogP contribution < -0.4 is 4.74 Å². The molecule has 2 fully saturated rings. The van der Waals surface area contributed by atoms with E-state index in [0.29, 0.717) is 18.1 Å². The van der Waals surface area contributed by atoms with Crippen molar-refractivity contribution in [1.82, 2.24) is 4.90 Å². The van der Waals surface area contributed by atoms with Gasteiger partial charge < -0.3 is 14.7 Å². The van der Waals surface area contributed by atoms with Crippen LogP contribution in [0.15, 0.2) is 36.4 Å². The highest BCUT2D eigenvalue weighted by molar-refractivity contribution is 6.35. The molecule has 0 aromatic heterocycles. The molecule has 1 aliphatic heterocycles. The number of hydrogen-bond acceptors (Lipinski definition) is 2. The number of fused-ring (bicyclic) bond motifs is 1. The van der Waals surface area contributed by atoms with Gasteiger partial charge in [-0.1, -0.05) is 35.9 Å². The molecule has 1 saturated heterocycles. The van der Waals surface area contributed by atoms with Crippen LogP contribution in [-0.4, -0.2) is 35.3 Å². The normalized spacial score (nSPS) is 26.5. The summed E-state index contributed by atoms with van der Waals surface area (Å²) in [6.07, 6.45) is 2.15. The first-order valence-corrected chi connectivity index (χ1v) is 8.29. The van der Waals surface area contributed by atoms with Gasteiger partial charge in [-0.25, -0.2) is 4.79 Å². The van der Waals surface area contributed by atoms with Gasteiger partial charge in [0.1, 0.15) is 11.9 Å². The van der Waals surface area contributed by atoms with Gasteiger partial charge in [-0.05, 0) is 31.4 Å². The van der Waals surface area contributed by atoms with Crippen molar-refractivity contribution in [2.75, 3.05) is 13.1 Å². The third-order valence-corrected chi connectivity index (χ3v) is 5.67. The molecule has 2 aliphatic rings. The van der Waals surface area contributed by atoms with Crippen molar-refractivity contribution >= 4 is 28.5 Å². The van der Waals surface area contributed by atoms with E-state index in [4.69, 9.17) is 16.3 Å². The molecule has 23 heavy (non-hydrogen) atoms. The highest BCUT2D eigenvalue weighted by atomic mass is 35.5. The molecule has 1 heterocycles. The standard InChI is InChI=1S/C18H18ClNO3/c19-14-5-6-15(13-4-2-1-3-12(13)14)23-16-7-8-18(16)9-10-20(11-18)17(21)22/h1-6,16H,7-11H2,(H,21,22). The smallest absolute Gasteiger partial charge is 0.407 e. The van der Waals surface area contributed by atoms with Crippen LogP contribution in [0.1, 0.15) is 19.3 Å². The van der Waals surface area contributed by atoms with Crippen LogP contribution in [0.2, 0.25) is 5.02 Å². The largest absolute Gasteiger partial charge is 0.489 e. The predicted molar refractivity (Wildman–Crippen MR) is 89.3 cm³/mol. The molecule has 2 aromatic carbocycles. The van der Waals surface area contributed by atoms with Crippen molar-refractivity contribution in [1.29, 1.82) is 0 Å². The first kappa shape index (κ1) is 14.6. The van der Waals surface area contributed by atoms with Gasteiger partial charge in [0.05, 0.1) is 0 Å². The number of amides is 1. The van der Waals surface area contributed by atoms with Crippen LogP contribution in [0.5, 0.6) is 5.75 Å². The monoisotopic (exact) mass is 331 g/mol. The van der Waals surface area contributed by atoms with Crippen molar-refractivity contribution in [2.45, 2.75) is 25.4 Å². The van der Waals surface area contributed by atoms with Crippen molar-refractivity contribution in [3.05, 3.63) is 41.4 Å². The average Bonchev–Trinajstić information content (AvgIpc) is 3.02. The van der Waals surface area contributed by atoms with E-state index < -0.39 is 6.09 Å². The fourth-order valence-electron chi connectivity index (χ4n) is 3.87. The minimum absolute atomic E-state index is 0.0148. The first-order chi connectivity index (χ1) is 11.1. The molecule has 2 unspecified atom stereocenters. The second-order valence-electron chi connectivity index (χ2n) is 6.55. The van der Waals surface area contributed by atoms with Crippen molar-refractivity contribution in [3.63, 3.8) is 0 Å². The van der Waals surface area contributed by atoms with E-state index in [9.17, 15) is 9.90 Å². The van der Waals surface area contributed by atoms with Gasteiger partial charge in [0.2, 0.25) is 0 Å². The summed E-state index contributed by atoms with van der Waals surface area (Å²) in [5, 5.41) is 11.9. The van der Waals surface area contributed by atoms with E-state index >= 15 is 0 Å². The number of likely N-dealkylation sites (tertiary alicyclic amines) is 1. The Labute approximate surface area is 139 Å². The van der Waals surface area contributed by atoms with E-state index in [1.165, 1.54) is 4.90 Å². The second kappa shape index (κ2) is 5.31. The molecule has 5 heteroatoms. The molecule has 4 rings (SSSR count). The number of rotatable bonds is 2. The van der Waals surface area contributed by atoms with Crippen LogP contribution in [0.3, 0.4) is 0 Å². The van der Waals surface area contributed by atoms with Crippen molar-refractivity contribution < 1.29 is 14.6 Å². The summed E-state index contributed by atoms with van der Waals surface area (Å²) in [6, 6.07) is 11.7. The van der Waals surface area contributed by atoms with Crippen LogP contribution in [-0.2, 0) is 0 Å². The van der Waals surface area contributed by atoms with Crippen molar-refractivity contribution in [2.24, 2.45) is 5.41 Å². The zero-order valence-electron chi connectivity index (χ0n) is 12.7. The Bertz CT molecular complexity index is 778. The van der Waals surface area contributed by atoms with Crippen LogP contribution in [0.25, 0.3) is 10.8 Å². The SMILES string of the molecule is O=C(O)N1CCC2(CCC2Oc2ccc(Cl)c3ccccc23)C1. The summed E-state index contributed by atoms with van der Waals surface area (Å²) < 4.78 is 6.31. The van der Waals surface area contributed by atoms with Gasteiger partial charge in [0.25, 0.3) is 0 Å². The Morgan fingerprint density at radius 1 is 1.22 bits per heavy atom. The predicted octanol–water partition coefficient (Wildman–Crippen LogP) is 4.40. The lowest BCUT2D eigenvalue weighted by atomic mass is 9.65. The summed E-state index contributed by atoms with van der Waals surface area (Å²) in [5.74, 6) is 0.836. The van der Waals surface area contributed by atoms with E-state index in [1.54, 1.807) is 0 Å². The van der Waals surface area contributed by atoms with E-state index in [1.807, 2.05) is 36.4 Å². The zero-order valence-corrected chi connectivity index (χ0v) is 13.4. The first-order valence-electron chi connectivity index (χ1n) is 7.91. The number of carboxylic acid groups (broad SMARTS) is 1. The van der Waals surface area contributed by atoms with Crippen LogP contribution >= 0.6 is 11.6 Å². The Hall–Kier alpha value is -1.94. The summed E-state index contributed by atoms with van der Waals surface area (Å²) in [6.45, 7) is 1.19. The lowest BCUT2D eigenvalue weighted by Gasteiger charge is -2.46. The summed E-state index contributed by atoms with van der Waals surface area (Å²) in [5.41, 5.74) is -0.0148. The fraction of sp³-hybridized carbons (Fsp3) is 0.389. The third kappa shape index (κ3) is 2.32. The molecular weight excluding hydrogens is 314 g/mol. The summed E-state index contributed by atoms with van der Waals surface area (Å²) >= 11 is 6.26. The molecule has 1 saturated carbocycles. The molecule has 1 aliphatic carbocycles. The van der Waals surface area contributed by atoms with Crippen LogP contribution in [0.4, 0.5) is 4.79 Å². The molecule has 2 atom stereocenters. The van der Waals surface area contributed by atoms with Gasteiger partial charge in [0, 0.05) is 34.3 Å². The molecular formula is C18H18ClNO3. The topological polar surface area (TPSA) is 49.8 Å². The lowest BCUT2D eigenvalue weighted by molar-refractivity contribution is -0.0360. The van der Waals surface area contributed by atoms with E-state index in [0.717, 1.165) is 35.8 Å². The summed E-state index contributed by atoms with van der Waals surface area (Å²) in [4.78, 5) is 12.7. The fourth-order valence-corrected chi connectivity index (χ4v) is 4.10. The number of carbonyl (C=O) groups is 1. The minimum Gasteiger partial charge on any atom is -0.489 e. The number of halogens is 1. The van der Waals surface area contributed by atoms with Gasteiger partial charge in [-0.3, -0.25) is 0 Å². The lowest BCUT2D eigenvalue weighted by Crippen LogP contribution is -2.50. The number of benzene rings is 2.